The summed E-state index contributed by atoms with van der Waals surface area (Å²) in [6.07, 6.45) is 0.738. The Kier molecular flexibility index (Phi) is 4.32. The van der Waals surface area contributed by atoms with Gasteiger partial charge in [0.05, 0.1) is 4.92 Å². The van der Waals surface area contributed by atoms with Crippen molar-refractivity contribution in [2.75, 3.05) is 5.33 Å². The zero-order chi connectivity index (χ0) is 11.3. The molecule has 0 atom stereocenters. The molecule has 1 aromatic rings. The van der Waals surface area contributed by atoms with E-state index in [2.05, 4.69) is 27.8 Å². The number of nitro benzene ring substituents is 1. The Labute approximate surface area is 96.8 Å². The first-order valence-corrected chi connectivity index (χ1v) is 5.57. The Morgan fingerprint density at radius 1 is 1.53 bits per heavy atom. The van der Waals surface area contributed by atoms with Gasteiger partial charge in [-0.25, -0.2) is 0 Å². The summed E-state index contributed by atoms with van der Waals surface area (Å²) in [6.45, 7) is 1.72. The molecule has 0 amide bonds. The third-order valence-corrected chi connectivity index (χ3v) is 2.25. The largest absolute Gasteiger partial charge is 0.273 e. The monoisotopic (exact) mass is 267 g/mol. The Balaban J connectivity index is 2.99. The lowest BCUT2D eigenvalue weighted by molar-refractivity contribution is -0.385. The van der Waals surface area contributed by atoms with Crippen LogP contribution in [0.1, 0.15) is 17.5 Å². The zero-order valence-corrected chi connectivity index (χ0v) is 9.87. The quantitative estimate of drug-likeness (QED) is 0.358. The van der Waals surface area contributed by atoms with E-state index in [-0.39, 0.29) is 10.6 Å². The smallest absolute Gasteiger partial charge is 0.258 e. The van der Waals surface area contributed by atoms with Crippen molar-refractivity contribution in [1.29, 1.82) is 0 Å². The summed E-state index contributed by atoms with van der Waals surface area (Å²) in [5.74, 6) is 5.80. The molecule has 0 heterocycles. The molecule has 0 unspecified atom stereocenters. The van der Waals surface area contributed by atoms with Crippen molar-refractivity contribution in [3.63, 3.8) is 0 Å². The molecule has 0 aliphatic heterocycles. The molecule has 78 valence electrons. The number of alkyl halides is 1. The number of rotatable bonds is 2. The van der Waals surface area contributed by atoms with E-state index in [1.807, 2.05) is 0 Å². The van der Waals surface area contributed by atoms with E-state index < -0.39 is 0 Å². The van der Waals surface area contributed by atoms with Gasteiger partial charge in [0.25, 0.3) is 5.69 Å². The van der Waals surface area contributed by atoms with Crippen molar-refractivity contribution in [2.24, 2.45) is 0 Å². The molecule has 1 rings (SSSR count). The second-order valence-electron chi connectivity index (χ2n) is 3.00. The minimum Gasteiger partial charge on any atom is -0.258 e. The van der Waals surface area contributed by atoms with Crippen LogP contribution < -0.4 is 0 Å². The third kappa shape index (κ3) is 3.37. The average Bonchev–Trinajstić information content (AvgIpc) is 2.20. The van der Waals surface area contributed by atoms with Crippen molar-refractivity contribution in [2.45, 2.75) is 13.3 Å². The van der Waals surface area contributed by atoms with Gasteiger partial charge in [0.1, 0.15) is 0 Å². The summed E-state index contributed by atoms with van der Waals surface area (Å²) in [4.78, 5) is 10.3. The highest BCUT2D eigenvalue weighted by Gasteiger charge is 2.09. The molecule has 0 bridgehead atoms. The van der Waals surface area contributed by atoms with Gasteiger partial charge in [-0.05, 0) is 13.0 Å². The first-order valence-electron chi connectivity index (χ1n) is 4.45. The van der Waals surface area contributed by atoms with Gasteiger partial charge in [-0.1, -0.05) is 33.8 Å². The number of nitrogens with zero attached hydrogens (tertiary/aromatic N) is 1. The number of hydrogen-bond acceptors (Lipinski definition) is 2. The molecule has 0 aliphatic rings. The molecule has 1 aromatic carbocycles. The molecule has 0 saturated heterocycles. The molecule has 0 radical (unpaired) electrons. The van der Waals surface area contributed by atoms with E-state index >= 15 is 0 Å². The fourth-order valence-electron chi connectivity index (χ4n) is 1.10. The summed E-state index contributed by atoms with van der Waals surface area (Å²) in [5, 5.41) is 11.5. The van der Waals surface area contributed by atoms with E-state index in [4.69, 9.17) is 0 Å². The Morgan fingerprint density at radius 3 is 2.87 bits per heavy atom. The van der Waals surface area contributed by atoms with Crippen LogP contribution in [-0.4, -0.2) is 10.3 Å². The van der Waals surface area contributed by atoms with Gasteiger partial charge < -0.3 is 0 Å². The first-order chi connectivity index (χ1) is 7.15. The normalized spacial score (nSPS) is 9.20. The minimum absolute atomic E-state index is 0.126. The summed E-state index contributed by atoms with van der Waals surface area (Å²) in [7, 11) is 0. The Hall–Kier alpha value is -1.34. The van der Waals surface area contributed by atoms with Crippen LogP contribution in [0.5, 0.6) is 0 Å². The van der Waals surface area contributed by atoms with E-state index in [9.17, 15) is 10.1 Å². The van der Waals surface area contributed by atoms with E-state index in [1.165, 1.54) is 6.07 Å². The number of hydrogen-bond donors (Lipinski definition) is 0. The average molecular weight is 268 g/mol. The highest BCUT2D eigenvalue weighted by Crippen LogP contribution is 2.18. The van der Waals surface area contributed by atoms with Crippen LogP contribution in [0.15, 0.2) is 18.2 Å². The van der Waals surface area contributed by atoms with Gasteiger partial charge in [0.2, 0.25) is 0 Å². The topological polar surface area (TPSA) is 43.1 Å². The molecular formula is C11H10BrNO2. The third-order valence-electron chi connectivity index (χ3n) is 1.86. The molecule has 0 saturated carbocycles. The van der Waals surface area contributed by atoms with E-state index in [1.54, 1.807) is 19.1 Å². The second-order valence-corrected chi connectivity index (χ2v) is 3.79. The van der Waals surface area contributed by atoms with Crippen molar-refractivity contribution in [1.82, 2.24) is 0 Å². The number of halogens is 1. The molecule has 4 heteroatoms. The van der Waals surface area contributed by atoms with Crippen LogP contribution in [0.4, 0.5) is 5.69 Å². The van der Waals surface area contributed by atoms with Crippen molar-refractivity contribution < 1.29 is 4.92 Å². The number of aryl methyl sites for hydroxylation is 1. The van der Waals surface area contributed by atoms with Crippen LogP contribution in [0, 0.1) is 28.9 Å². The maximum atomic E-state index is 10.7. The second kappa shape index (κ2) is 5.52. The minimum atomic E-state index is -0.384. The van der Waals surface area contributed by atoms with Crippen molar-refractivity contribution in [3.8, 4) is 11.8 Å². The van der Waals surface area contributed by atoms with Crippen LogP contribution in [0.25, 0.3) is 0 Å². The predicted molar refractivity (Wildman–Crippen MR) is 63.1 cm³/mol. The van der Waals surface area contributed by atoms with Crippen molar-refractivity contribution in [3.05, 3.63) is 39.4 Å². The van der Waals surface area contributed by atoms with Gasteiger partial charge in [0.15, 0.2) is 0 Å². The van der Waals surface area contributed by atoms with Crippen LogP contribution in [0.2, 0.25) is 0 Å². The first kappa shape index (κ1) is 11.7. The predicted octanol–water partition coefficient (Wildman–Crippen LogP) is 3.04. The molecule has 0 N–H and O–H groups in total. The lowest BCUT2D eigenvalue weighted by Gasteiger charge is -1.96. The van der Waals surface area contributed by atoms with Gasteiger partial charge >= 0.3 is 0 Å². The summed E-state index contributed by atoms with van der Waals surface area (Å²) in [6, 6.07) is 5.02. The summed E-state index contributed by atoms with van der Waals surface area (Å²) < 4.78 is 0. The van der Waals surface area contributed by atoms with Gasteiger partial charge in [-0.15, -0.1) is 0 Å². The Bertz CT molecular complexity index is 432. The van der Waals surface area contributed by atoms with Crippen LogP contribution >= 0.6 is 15.9 Å². The molecule has 15 heavy (non-hydrogen) atoms. The molecule has 0 aromatic heterocycles. The number of nitro groups is 1. The van der Waals surface area contributed by atoms with Gasteiger partial charge in [-0.3, -0.25) is 10.1 Å². The molecule has 0 spiro atoms. The zero-order valence-electron chi connectivity index (χ0n) is 8.29. The highest BCUT2D eigenvalue weighted by atomic mass is 79.9. The molecule has 0 aliphatic carbocycles. The maximum Gasteiger partial charge on any atom is 0.273 e. The summed E-state index contributed by atoms with van der Waals surface area (Å²) >= 11 is 3.26. The molecule has 3 nitrogen and oxygen atoms in total. The van der Waals surface area contributed by atoms with Crippen LogP contribution in [0.3, 0.4) is 0 Å². The van der Waals surface area contributed by atoms with E-state index in [0.29, 0.717) is 11.1 Å². The van der Waals surface area contributed by atoms with Gasteiger partial charge in [-0.2, -0.15) is 0 Å². The Morgan fingerprint density at radius 2 is 2.27 bits per heavy atom. The lowest BCUT2D eigenvalue weighted by Crippen LogP contribution is -1.92. The van der Waals surface area contributed by atoms with Crippen LogP contribution in [-0.2, 0) is 0 Å². The molecular weight excluding hydrogens is 258 g/mol. The van der Waals surface area contributed by atoms with E-state index in [0.717, 1.165) is 11.8 Å². The van der Waals surface area contributed by atoms with Gasteiger partial charge in [0, 0.05) is 28.9 Å². The summed E-state index contributed by atoms with van der Waals surface area (Å²) in [5.41, 5.74) is 1.47. The molecule has 0 fully saturated rings. The standard InChI is InChI=1S/C11H10BrNO2/c1-9-5-6-10(4-2-3-7-12)8-11(9)13(14)15/h5-6,8H,3,7H2,1H3. The maximum absolute atomic E-state index is 10.7. The fraction of sp³-hybridized carbons (Fsp3) is 0.273. The lowest BCUT2D eigenvalue weighted by atomic mass is 10.1. The SMILES string of the molecule is Cc1ccc(C#CCCBr)cc1[N+](=O)[O-]. The fourth-order valence-corrected chi connectivity index (χ4v) is 1.29. The van der Waals surface area contributed by atoms with Crippen molar-refractivity contribution >= 4 is 21.6 Å². The highest BCUT2D eigenvalue weighted by molar-refractivity contribution is 9.09. The number of benzene rings is 1.